The zero-order chi connectivity index (χ0) is 13.2. The Kier molecular flexibility index (Phi) is 2.76. The quantitative estimate of drug-likeness (QED) is 0.672. The van der Waals surface area contributed by atoms with E-state index in [4.69, 9.17) is 4.42 Å². The molecule has 0 unspecified atom stereocenters. The predicted molar refractivity (Wildman–Crippen MR) is 71.4 cm³/mol. The summed E-state index contributed by atoms with van der Waals surface area (Å²) in [6.45, 7) is 2.01. The van der Waals surface area contributed by atoms with E-state index in [9.17, 15) is 4.79 Å². The predicted octanol–water partition coefficient (Wildman–Crippen LogP) is 3.25. The Hall–Kier alpha value is -2.62. The number of nitrogens with zero attached hydrogens (tertiary/aromatic N) is 2. The average Bonchev–Trinajstić information content (AvgIpc) is 3.10. The molecule has 0 aliphatic rings. The molecular formula is C15H12N2O2. The van der Waals surface area contributed by atoms with Gasteiger partial charge in [0.05, 0.1) is 6.33 Å². The number of hydrogen-bond donors (Lipinski definition) is 0. The van der Waals surface area contributed by atoms with E-state index < -0.39 is 0 Å². The highest BCUT2D eigenvalue weighted by molar-refractivity contribution is 5.73. The van der Waals surface area contributed by atoms with Gasteiger partial charge in [0.25, 0.3) is 0 Å². The third kappa shape index (κ3) is 2.08. The minimum Gasteiger partial charge on any atom is -0.453 e. The van der Waals surface area contributed by atoms with Crippen molar-refractivity contribution < 1.29 is 9.21 Å². The van der Waals surface area contributed by atoms with Gasteiger partial charge >= 0.3 is 0 Å². The van der Waals surface area contributed by atoms with Crippen LogP contribution in [0.3, 0.4) is 0 Å². The lowest BCUT2D eigenvalue weighted by atomic mass is 10.1. The summed E-state index contributed by atoms with van der Waals surface area (Å²) in [4.78, 5) is 14.7. The lowest BCUT2D eigenvalue weighted by molar-refractivity contribution is 0.110. The van der Waals surface area contributed by atoms with Crippen molar-refractivity contribution in [3.63, 3.8) is 0 Å². The summed E-state index contributed by atoms with van der Waals surface area (Å²) in [5.41, 5.74) is 3.11. The van der Waals surface area contributed by atoms with E-state index in [0.29, 0.717) is 17.8 Å². The first-order valence-corrected chi connectivity index (χ1v) is 5.92. The van der Waals surface area contributed by atoms with Crippen LogP contribution in [-0.4, -0.2) is 15.8 Å². The molecule has 0 bridgehead atoms. The summed E-state index contributed by atoms with van der Waals surface area (Å²) in [5, 5.41) is 0. The fourth-order valence-corrected chi connectivity index (χ4v) is 2.06. The third-order valence-electron chi connectivity index (χ3n) is 3.02. The number of carbonyl (C=O) groups excluding carboxylic acids is 1. The number of aryl methyl sites for hydroxylation is 1. The molecule has 0 saturated heterocycles. The molecule has 0 fully saturated rings. The van der Waals surface area contributed by atoms with Crippen LogP contribution >= 0.6 is 0 Å². The molecule has 0 saturated carbocycles. The van der Waals surface area contributed by atoms with Gasteiger partial charge in [-0.15, -0.1) is 0 Å². The molecule has 0 radical (unpaired) electrons. The van der Waals surface area contributed by atoms with Crippen molar-refractivity contribution >= 4 is 6.29 Å². The Morgan fingerprint density at radius 2 is 2.16 bits per heavy atom. The minimum absolute atomic E-state index is 0.341. The van der Waals surface area contributed by atoms with Gasteiger partial charge in [-0.3, -0.25) is 4.79 Å². The lowest BCUT2D eigenvalue weighted by Crippen LogP contribution is -1.91. The normalized spacial score (nSPS) is 10.6. The summed E-state index contributed by atoms with van der Waals surface area (Å²) in [6.07, 6.45) is 6.10. The maximum absolute atomic E-state index is 10.6. The molecule has 0 amide bonds. The molecule has 1 aromatic carbocycles. The molecule has 0 atom stereocenters. The Morgan fingerprint density at radius 1 is 1.26 bits per heavy atom. The van der Waals surface area contributed by atoms with Gasteiger partial charge in [-0.25, -0.2) is 4.98 Å². The van der Waals surface area contributed by atoms with Gasteiger partial charge in [-0.05, 0) is 42.8 Å². The molecular weight excluding hydrogens is 240 g/mol. The van der Waals surface area contributed by atoms with Gasteiger partial charge in [-0.2, -0.15) is 0 Å². The average molecular weight is 252 g/mol. The van der Waals surface area contributed by atoms with Crippen LogP contribution in [0.15, 0.2) is 53.5 Å². The van der Waals surface area contributed by atoms with Gasteiger partial charge < -0.3 is 8.98 Å². The van der Waals surface area contributed by atoms with Crippen molar-refractivity contribution in [1.82, 2.24) is 9.55 Å². The molecule has 3 rings (SSSR count). The molecule has 2 aromatic heterocycles. The molecule has 19 heavy (non-hydrogen) atoms. The summed E-state index contributed by atoms with van der Waals surface area (Å²) in [6, 6.07) is 9.51. The minimum atomic E-state index is 0.341. The molecule has 0 aliphatic carbocycles. The summed E-state index contributed by atoms with van der Waals surface area (Å²) in [7, 11) is 0. The highest BCUT2D eigenvalue weighted by atomic mass is 16.3. The van der Waals surface area contributed by atoms with Crippen molar-refractivity contribution in [1.29, 1.82) is 0 Å². The van der Waals surface area contributed by atoms with E-state index in [1.807, 2.05) is 35.9 Å². The van der Waals surface area contributed by atoms with Crippen LogP contribution in [0.2, 0.25) is 0 Å². The van der Waals surface area contributed by atoms with E-state index in [0.717, 1.165) is 16.8 Å². The summed E-state index contributed by atoms with van der Waals surface area (Å²) >= 11 is 0. The third-order valence-corrected chi connectivity index (χ3v) is 3.02. The zero-order valence-corrected chi connectivity index (χ0v) is 10.4. The van der Waals surface area contributed by atoms with Crippen molar-refractivity contribution in [2.45, 2.75) is 6.92 Å². The molecule has 3 aromatic rings. The van der Waals surface area contributed by atoms with Crippen LogP contribution in [0, 0.1) is 6.92 Å². The maximum Gasteiger partial charge on any atom is 0.185 e. The van der Waals surface area contributed by atoms with Crippen molar-refractivity contribution in [2.24, 2.45) is 0 Å². The van der Waals surface area contributed by atoms with E-state index >= 15 is 0 Å². The zero-order valence-electron chi connectivity index (χ0n) is 10.4. The van der Waals surface area contributed by atoms with Crippen molar-refractivity contribution in [3.05, 3.63) is 60.4 Å². The Balaban J connectivity index is 2.02. The molecule has 4 heteroatoms. The van der Waals surface area contributed by atoms with E-state index in [-0.39, 0.29) is 0 Å². The SMILES string of the molecule is Cc1cc(-n2ccnc2)ccc1-c1ccc(C=O)o1. The molecule has 0 spiro atoms. The number of benzene rings is 1. The van der Waals surface area contributed by atoms with Crippen LogP contribution in [-0.2, 0) is 0 Å². The van der Waals surface area contributed by atoms with Crippen LogP contribution in [0.5, 0.6) is 0 Å². The molecule has 4 nitrogen and oxygen atoms in total. The summed E-state index contributed by atoms with van der Waals surface area (Å²) < 4.78 is 7.38. The first-order chi connectivity index (χ1) is 9.28. The first-order valence-electron chi connectivity index (χ1n) is 5.92. The van der Waals surface area contributed by atoms with Gasteiger partial charge in [0.2, 0.25) is 0 Å². The maximum atomic E-state index is 10.6. The van der Waals surface area contributed by atoms with Crippen LogP contribution < -0.4 is 0 Å². The first kappa shape index (κ1) is 11.5. The molecule has 0 N–H and O–H groups in total. The van der Waals surface area contributed by atoms with Crippen molar-refractivity contribution in [3.8, 4) is 17.0 Å². The fourth-order valence-electron chi connectivity index (χ4n) is 2.06. The lowest BCUT2D eigenvalue weighted by Gasteiger charge is -2.07. The Bertz CT molecular complexity index is 712. The monoisotopic (exact) mass is 252 g/mol. The van der Waals surface area contributed by atoms with E-state index in [2.05, 4.69) is 11.1 Å². The molecule has 0 aliphatic heterocycles. The van der Waals surface area contributed by atoms with Crippen molar-refractivity contribution in [2.75, 3.05) is 0 Å². The number of imidazole rings is 1. The number of aldehydes is 1. The van der Waals surface area contributed by atoms with E-state index in [1.165, 1.54) is 0 Å². The van der Waals surface area contributed by atoms with Crippen LogP contribution in [0.4, 0.5) is 0 Å². The largest absolute Gasteiger partial charge is 0.453 e. The molecule has 94 valence electrons. The second-order valence-electron chi connectivity index (χ2n) is 4.29. The summed E-state index contributed by atoms with van der Waals surface area (Å²) in [5.74, 6) is 1.05. The number of hydrogen-bond acceptors (Lipinski definition) is 3. The highest BCUT2D eigenvalue weighted by Gasteiger charge is 2.08. The molecule has 2 heterocycles. The topological polar surface area (TPSA) is 48.0 Å². The fraction of sp³-hybridized carbons (Fsp3) is 0.0667. The van der Waals surface area contributed by atoms with Gasteiger partial charge in [0.15, 0.2) is 12.0 Å². The number of furan rings is 1. The second-order valence-corrected chi connectivity index (χ2v) is 4.29. The van der Waals surface area contributed by atoms with Gasteiger partial charge in [0.1, 0.15) is 5.76 Å². The second kappa shape index (κ2) is 4.57. The smallest absolute Gasteiger partial charge is 0.185 e. The van der Waals surface area contributed by atoms with Gasteiger partial charge in [0, 0.05) is 23.6 Å². The van der Waals surface area contributed by atoms with Gasteiger partial charge in [-0.1, -0.05) is 0 Å². The highest BCUT2D eigenvalue weighted by Crippen LogP contribution is 2.26. The standard InChI is InChI=1S/C15H12N2O2/c1-11-8-12(17-7-6-16-10-17)2-4-14(11)15-5-3-13(9-18)19-15/h2-10H,1H3. The Labute approximate surface area is 110 Å². The number of rotatable bonds is 3. The number of aromatic nitrogens is 2. The van der Waals surface area contributed by atoms with E-state index in [1.54, 1.807) is 18.6 Å². The van der Waals surface area contributed by atoms with Crippen LogP contribution in [0.25, 0.3) is 17.0 Å². The Morgan fingerprint density at radius 3 is 2.79 bits per heavy atom. The van der Waals surface area contributed by atoms with Crippen LogP contribution in [0.1, 0.15) is 16.1 Å². The number of carbonyl (C=O) groups is 1.